The number of carboxylic acids is 1. The van der Waals surface area contributed by atoms with Crippen LogP contribution < -0.4 is 0 Å². The van der Waals surface area contributed by atoms with E-state index in [2.05, 4.69) is 4.98 Å². The summed E-state index contributed by atoms with van der Waals surface area (Å²) < 4.78 is 25.3. The Bertz CT molecular complexity index is 603. The quantitative estimate of drug-likeness (QED) is 0.736. The molecule has 0 aliphatic heterocycles. The molecule has 0 radical (unpaired) electrons. The van der Waals surface area contributed by atoms with Crippen LogP contribution in [0.5, 0.6) is 0 Å². The Morgan fingerprint density at radius 3 is 2.52 bits per heavy atom. The number of carbonyl (C=O) groups excluding carboxylic acids is 1. The lowest BCUT2D eigenvalue weighted by atomic mass is 10.4. The SMILES string of the molecule is CN(CCC(=O)O)C(=O)CN(C)S(=O)(=O)c1cccnc1. The van der Waals surface area contributed by atoms with Crippen LogP contribution in [0.15, 0.2) is 29.4 Å². The first-order chi connectivity index (χ1) is 9.75. The van der Waals surface area contributed by atoms with Crippen molar-refractivity contribution >= 4 is 21.9 Å². The Hall–Kier alpha value is -2.00. The Labute approximate surface area is 123 Å². The van der Waals surface area contributed by atoms with Crippen LogP contribution in [-0.4, -0.2) is 66.8 Å². The lowest BCUT2D eigenvalue weighted by molar-refractivity contribution is -0.138. The topological polar surface area (TPSA) is 108 Å². The highest BCUT2D eigenvalue weighted by Gasteiger charge is 2.24. The summed E-state index contributed by atoms with van der Waals surface area (Å²) in [5, 5.41) is 8.55. The number of nitrogens with zero attached hydrogens (tertiary/aromatic N) is 3. The van der Waals surface area contributed by atoms with E-state index >= 15 is 0 Å². The molecule has 1 heterocycles. The second kappa shape index (κ2) is 7.14. The molecule has 1 aromatic heterocycles. The molecule has 0 bridgehead atoms. The van der Waals surface area contributed by atoms with E-state index in [4.69, 9.17) is 5.11 Å². The molecule has 1 rings (SSSR count). The van der Waals surface area contributed by atoms with Crippen LogP contribution in [0.4, 0.5) is 0 Å². The van der Waals surface area contributed by atoms with E-state index < -0.39 is 21.9 Å². The first-order valence-corrected chi connectivity index (χ1v) is 7.51. The number of carboxylic acid groups (broad SMARTS) is 1. The molecule has 0 aromatic carbocycles. The van der Waals surface area contributed by atoms with Gasteiger partial charge in [-0.05, 0) is 12.1 Å². The fourth-order valence-electron chi connectivity index (χ4n) is 1.46. The minimum atomic E-state index is -3.79. The standard InChI is InChI=1S/C12H17N3O5S/c1-14(7-5-12(17)18)11(16)9-15(2)21(19,20)10-4-3-6-13-8-10/h3-4,6,8H,5,7,9H2,1-2H3,(H,17,18). The smallest absolute Gasteiger partial charge is 0.305 e. The number of likely N-dealkylation sites (N-methyl/N-ethyl adjacent to an activating group) is 2. The van der Waals surface area contributed by atoms with E-state index in [9.17, 15) is 18.0 Å². The van der Waals surface area contributed by atoms with Gasteiger partial charge >= 0.3 is 5.97 Å². The summed E-state index contributed by atoms with van der Waals surface area (Å²) in [4.78, 5) is 27.2. The van der Waals surface area contributed by atoms with E-state index in [1.165, 1.54) is 43.5 Å². The number of sulfonamides is 1. The number of amides is 1. The summed E-state index contributed by atoms with van der Waals surface area (Å²) >= 11 is 0. The van der Waals surface area contributed by atoms with Crippen molar-refractivity contribution in [3.63, 3.8) is 0 Å². The predicted molar refractivity (Wildman–Crippen MR) is 73.9 cm³/mol. The van der Waals surface area contributed by atoms with Crippen LogP contribution in [0.2, 0.25) is 0 Å². The first-order valence-electron chi connectivity index (χ1n) is 6.07. The van der Waals surface area contributed by atoms with E-state index in [-0.39, 0.29) is 24.4 Å². The van der Waals surface area contributed by atoms with Gasteiger partial charge in [0.1, 0.15) is 4.90 Å². The largest absolute Gasteiger partial charge is 0.481 e. The number of aromatic nitrogens is 1. The molecule has 1 N–H and O–H groups in total. The third-order valence-corrected chi connectivity index (χ3v) is 4.57. The summed E-state index contributed by atoms with van der Waals surface area (Å²) in [7, 11) is -1.08. The van der Waals surface area contributed by atoms with Crippen molar-refractivity contribution in [2.24, 2.45) is 0 Å². The first kappa shape index (κ1) is 17.1. The highest BCUT2D eigenvalue weighted by Crippen LogP contribution is 2.12. The third-order valence-electron chi connectivity index (χ3n) is 2.79. The molecule has 0 unspecified atom stereocenters. The van der Waals surface area contributed by atoms with Crippen LogP contribution in [-0.2, 0) is 19.6 Å². The van der Waals surface area contributed by atoms with Crippen molar-refractivity contribution in [1.29, 1.82) is 0 Å². The minimum Gasteiger partial charge on any atom is -0.481 e. The minimum absolute atomic E-state index is 0.00603. The second-order valence-corrected chi connectivity index (χ2v) is 6.45. The van der Waals surface area contributed by atoms with Gasteiger partial charge in [0.25, 0.3) is 0 Å². The van der Waals surface area contributed by atoms with Crippen molar-refractivity contribution in [3.05, 3.63) is 24.5 Å². The molecule has 9 heteroatoms. The van der Waals surface area contributed by atoms with E-state index in [1.54, 1.807) is 0 Å². The molecule has 1 amide bonds. The number of pyridine rings is 1. The van der Waals surface area contributed by atoms with Gasteiger partial charge in [0.15, 0.2) is 0 Å². The number of hydrogen-bond acceptors (Lipinski definition) is 5. The van der Waals surface area contributed by atoms with Crippen molar-refractivity contribution in [2.75, 3.05) is 27.2 Å². The van der Waals surface area contributed by atoms with Crippen LogP contribution in [0.3, 0.4) is 0 Å². The van der Waals surface area contributed by atoms with Crippen LogP contribution in [0, 0.1) is 0 Å². The molecule has 0 saturated heterocycles. The Balaban J connectivity index is 2.70. The normalized spacial score (nSPS) is 11.4. The van der Waals surface area contributed by atoms with Gasteiger partial charge in [-0.15, -0.1) is 0 Å². The lowest BCUT2D eigenvalue weighted by Gasteiger charge is -2.21. The maximum atomic E-state index is 12.2. The monoisotopic (exact) mass is 315 g/mol. The average molecular weight is 315 g/mol. The van der Waals surface area contributed by atoms with Gasteiger partial charge in [0.05, 0.1) is 13.0 Å². The summed E-state index contributed by atoms with van der Waals surface area (Å²) in [5.41, 5.74) is 0. The summed E-state index contributed by atoms with van der Waals surface area (Å²) in [6.07, 6.45) is 2.45. The van der Waals surface area contributed by atoms with Crippen molar-refractivity contribution < 1.29 is 23.1 Å². The zero-order chi connectivity index (χ0) is 16.0. The van der Waals surface area contributed by atoms with Crippen molar-refractivity contribution in [1.82, 2.24) is 14.2 Å². The predicted octanol–water partition coefficient (Wildman–Crippen LogP) is -0.365. The molecule has 0 fully saturated rings. The van der Waals surface area contributed by atoms with Gasteiger partial charge in [0, 0.05) is 33.0 Å². The average Bonchev–Trinajstić information content (AvgIpc) is 2.45. The molecular weight excluding hydrogens is 298 g/mol. The number of aliphatic carboxylic acids is 1. The Morgan fingerprint density at radius 1 is 1.33 bits per heavy atom. The van der Waals surface area contributed by atoms with E-state index in [1.807, 2.05) is 0 Å². The molecule has 21 heavy (non-hydrogen) atoms. The zero-order valence-electron chi connectivity index (χ0n) is 11.8. The highest BCUT2D eigenvalue weighted by atomic mass is 32.2. The molecule has 0 aliphatic carbocycles. The molecule has 116 valence electrons. The van der Waals surface area contributed by atoms with Crippen molar-refractivity contribution in [2.45, 2.75) is 11.3 Å². The Kier molecular flexibility index (Phi) is 5.79. The van der Waals surface area contributed by atoms with Gasteiger partial charge in [-0.1, -0.05) is 0 Å². The molecule has 0 atom stereocenters. The Morgan fingerprint density at radius 2 is 2.00 bits per heavy atom. The van der Waals surface area contributed by atoms with Crippen LogP contribution in [0.25, 0.3) is 0 Å². The molecule has 1 aromatic rings. The highest BCUT2D eigenvalue weighted by molar-refractivity contribution is 7.89. The van der Waals surface area contributed by atoms with Gasteiger partial charge in [-0.3, -0.25) is 14.6 Å². The lowest BCUT2D eigenvalue weighted by Crippen LogP contribution is -2.40. The van der Waals surface area contributed by atoms with E-state index in [0.29, 0.717) is 0 Å². The second-order valence-electron chi connectivity index (χ2n) is 4.41. The summed E-state index contributed by atoms with van der Waals surface area (Å²) in [6, 6.07) is 2.87. The fourth-order valence-corrected chi connectivity index (χ4v) is 2.55. The third kappa shape index (κ3) is 4.80. The maximum Gasteiger partial charge on any atom is 0.305 e. The van der Waals surface area contributed by atoms with Crippen LogP contribution in [0.1, 0.15) is 6.42 Å². The van der Waals surface area contributed by atoms with Gasteiger partial charge in [0.2, 0.25) is 15.9 Å². The number of carbonyl (C=O) groups is 2. The summed E-state index contributed by atoms with van der Waals surface area (Å²) in [6.45, 7) is -0.345. The van der Waals surface area contributed by atoms with Gasteiger partial charge < -0.3 is 10.0 Å². The van der Waals surface area contributed by atoms with Crippen molar-refractivity contribution in [3.8, 4) is 0 Å². The molecular formula is C12H17N3O5S. The fraction of sp³-hybridized carbons (Fsp3) is 0.417. The van der Waals surface area contributed by atoms with E-state index in [0.717, 1.165) is 4.31 Å². The van der Waals surface area contributed by atoms with Gasteiger partial charge in [-0.25, -0.2) is 8.42 Å². The summed E-state index contributed by atoms with van der Waals surface area (Å²) in [5.74, 6) is -1.50. The number of rotatable bonds is 7. The van der Waals surface area contributed by atoms with Crippen LogP contribution >= 0.6 is 0 Å². The molecule has 0 saturated carbocycles. The molecule has 8 nitrogen and oxygen atoms in total. The molecule has 0 aliphatic rings. The zero-order valence-corrected chi connectivity index (χ0v) is 12.6. The maximum absolute atomic E-state index is 12.2. The number of hydrogen-bond donors (Lipinski definition) is 1. The van der Waals surface area contributed by atoms with Gasteiger partial charge in [-0.2, -0.15) is 4.31 Å². The molecule has 0 spiro atoms.